The molecule has 0 N–H and O–H groups in total. The minimum atomic E-state index is -0.659. The zero-order chi connectivity index (χ0) is 25.9. The Balaban J connectivity index is 1.48. The van der Waals surface area contributed by atoms with E-state index >= 15 is 0 Å². The summed E-state index contributed by atoms with van der Waals surface area (Å²) in [6.07, 6.45) is 12.1. The van der Waals surface area contributed by atoms with Crippen LogP contribution >= 0.6 is 0 Å². The van der Waals surface area contributed by atoms with Crippen LogP contribution in [0.1, 0.15) is 69.8 Å². The third kappa shape index (κ3) is 7.02. The van der Waals surface area contributed by atoms with Crippen LogP contribution in [0.4, 0.5) is 0 Å². The molecule has 0 radical (unpaired) electrons. The molecule has 1 aromatic rings. The number of benzene rings is 1. The number of methoxy groups -OCH3 is 3. The van der Waals surface area contributed by atoms with E-state index in [2.05, 4.69) is 0 Å². The number of carbonyl (C=O) groups is 3. The molecule has 2 aliphatic rings. The minimum absolute atomic E-state index is 0.192. The number of Topliss-reactive ketones (excluding diaryl/α,β-unsaturated/α-hetero) is 1. The van der Waals surface area contributed by atoms with Crippen molar-refractivity contribution in [3.05, 3.63) is 23.8 Å². The van der Waals surface area contributed by atoms with Gasteiger partial charge in [-0.3, -0.25) is 9.59 Å². The van der Waals surface area contributed by atoms with Crippen molar-refractivity contribution in [2.75, 3.05) is 34.5 Å². The largest absolute Gasteiger partial charge is 0.493 e. The van der Waals surface area contributed by atoms with Crippen molar-refractivity contribution < 1.29 is 33.3 Å². The van der Waals surface area contributed by atoms with E-state index in [-0.39, 0.29) is 18.3 Å². The molecular formula is C28H39NO7. The van der Waals surface area contributed by atoms with E-state index in [1.54, 1.807) is 21.3 Å². The summed E-state index contributed by atoms with van der Waals surface area (Å²) in [5.74, 6) is 0.274. The van der Waals surface area contributed by atoms with Gasteiger partial charge >= 0.3 is 5.97 Å². The summed E-state index contributed by atoms with van der Waals surface area (Å²) in [5, 5.41) is 0. The van der Waals surface area contributed by atoms with E-state index in [0.717, 1.165) is 50.5 Å². The summed E-state index contributed by atoms with van der Waals surface area (Å²) in [5.41, 5.74) is 0.903. The monoisotopic (exact) mass is 501 g/mol. The molecule has 1 amide bonds. The fourth-order valence-corrected chi connectivity index (χ4v) is 4.99. The Kier molecular flexibility index (Phi) is 10.6. The van der Waals surface area contributed by atoms with Crippen molar-refractivity contribution in [2.45, 2.75) is 70.3 Å². The second-order valence-electron chi connectivity index (χ2n) is 9.38. The summed E-state index contributed by atoms with van der Waals surface area (Å²) >= 11 is 0. The van der Waals surface area contributed by atoms with E-state index in [9.17, 15) is 14.4 Å². The van der Waals surface area contributed by atoms with Gasteiger partial charge in [-0.25, -0.2) is 4.79 Å². The Labute approximate surface area is 213 Å². The summed E-state index contributed by atoms with van der Waals surface area (Å²) < 4.78 is 21.6. The number of esters is 1. The predicted molar refractivity (Wildman–Crippen MR) is 136 cm³/mol. The number of ketones is 1. The molecule has 1 saturated heterocycles. The van der Waals surface area contributed by atoms with Crippen LogP contribution in [-0.4, -0.2) is 63.1 Å². The molecule has 0 unspecified atom stereocenters. The Hall–Kier alpha value is -3.03. The molecule has 1 heterocycles. The molecular weight excluding hydrogens is 462 g/mol. The molecule has 1 aromatic carbocycles. The molecule has 198 valence electrons. The number of hydrogen-bond acceptors (Lipinski definition) is 7. The molecule has 2 fully saturated rings. The van der Waals surface area contributed by atoms with E-state index < -0.39 is 17.9 Å². The summed E-state index contributed by atoms with van der Waals surface area (Å²) in [6.45, 7) is 0.697. The third-order valence-corrected chi connectivity index (χ3v) is 6.98. The van der Waals surface area contributed by atoms with Gasteiger partial charge in [0.05, 0.1) is 27.9 Å². The third-order valence-electron chi connectivity index (χ3n) is 6.98. The van der Waals surface area contributed by atoms with Gasteiger partial charge in [0.15, 0.2) is 11.5 Å². The van der Waals surface area contributed by atoms with Crippen LogP contribution in [0.2, 0.25) is 0 Å². The van der Waals surface area contributed by atoms with Gasteiger partial charge in [-0.15, -0.1) is 0 Å². The van der Waals surface area contributed by atoms with E-state index in [4.69, 9.17) is 18.9 Å². The molecule has 0 bridgehead atoms. The van der Waals surface area contributed by atoms with Gasteiger partial charge in [0.2, 0.25) is 11.5 Å². The summed E-state index contributed by atoms with van der Waals surface area (Å²) in [6, 6.07) is 3.07. The molecule has 0 spiro atoms. The van der Waals surface area contributed by atoms with Crippen LogP contribution in [0, 0.1) is 5.92 Å². The van der Waals surface area contributed by atoms with E-state index in [1.807, 2.05) is 24.3 Å². The Morgan fingerprint density at radius 3 is 2.22 bits per heavy atom. The van der Waals surface area contributed by atoms with Crippen molar-refractivity contribution in [1.29, 1.82) is 0 Å². The lowest BCUT2D eigenvalue weighted by Crippen LogP contribution is -2.52. The fraction of sp³-hybridized carbons (Fsp3) is 0.607. The SMILES string of the molecule is COc1cc(/C=C/CCCOC(=O)[C@@H]2CCCCN2C(=O)C(=O)C2CCCCC2)cc(OC)c1OC. The van der Waals surface area contributed by atoms with Crippen LogP contribution < -0.4 is 14.2 Å². The Bertz CT molecular complexity index is 911. The highest BCUT2D eigenvalue weighted by Crippen LogP contribution is 2.38. The quantitative estimate of drug-likeness (QED) is 0.249. The molecule has 8 heteroatoms. The van der Waals surface area contributed by atoms with Gasteiger partial charge in [0.1, 0.15) is 6.04 Å². The van der Waals surface area contributed by atoms with Gasteiger partial charge in [-0.1, -0.05) is 31.4 Å². The molecule has 1 aliphatic carbocycles. The van der Waals surface area contributed by atoms with Gasteiger partial charge in [-0.05, 0) is 62.6 Å². The van der Waals surface area contributed by atoms with Gasteiger partial charge in [0.25, 0.3) is 5.91 Å². The van der Waals surface area contributed by atoms with Crippen LogP contribution in [0.25, 0.3) is 6.08 Å². The van der Waals surface area contributed by atoms with E-state index in [0.29, 0.717) is 43.1 Å². The molecule has 3 rings (SSSR count). The number of amides is 1. The maximum atomic E-state index is 12.9. The minimum Gasteiger partial charge on any atom is -0.493 e. The van der Waals surface area contributed by atoms with Crippen LogP contribution in [0.15, 0.2) is 18.2 Å². The second kappa shape index (κ2) is 13.9. The molecule has 1 aliphatic heterocycles. The van der Waals surface area contributed by atoms with Crippen molar-refractivity contribution >= 4 is 23.7 Å². The van der Waals surface area contributed by atoms with Gasteiger partial charge < -0.3 is 23.8 Å². The zero-order valence-electron chi connectivity index (χ0n) is 21.8. The molecule has 0 aromatic heterocycles. The standard InChI is InChI=1S/C28H39NO7/c1-33-23-18-20(19-24(34-2)26(23)35-3)12-6-5-11-17-36-28(32)22-15-9-10-16-29(22)27(31)25(30)21-13-7-4-8-14-21/h6,12,18-19,21-22H,4-5,7-11,13-17H2,1-3H3/b12-6+/t22-/m0/s1. The lowest BCUT2D eigenvalue weighted by molar-refractivity contribution is -0.160. The molecule has 1 saturated carbocycles. The lowest BCUT2D eigenvalue weighted by atomic mass is 9.85. The first-order chi connectivity index (χ1) is 17.5. The highest BCUT2D eigenvalue weighted by molar-refractivity contribution is 6.37. The average Bonchev–Trinajstić information content (AvgIpc) is 2.93. The van der Waals surface area contributed by atoms with Crippen LogP contribution in [-0.2, 0) is 19.1 Å². The number of rotatable bonds is 11. The lowest BCUT2D eigenvalue weighted by Gasteiger charge is -2.34. The zero-order valence-corrected chi connectivity index (χ0v) is 21.8. The maximum Gasteiger partial charge on any atom is 0.328 e. The first-order valence-electron chi connectivity index (χ1n) is 13.0. The van der Waals surface area contributed by atoms with Crippen LogP contribution in [0.5, 0.6) is 17.2 Å². The second-order valence-corrected chi connectivity index (χ2v) is 9.38. The first kappa shape index (κ1) is 27.6. The van der Waals surface area contributed by atoms with Crippen LogP contribution in [0.3, 0.4) is 0 Å². The van der Waals surface area contributed by atoms with Crippen molar-refractivity contribution in [3.63, 3.8) is 0 Å². The van der Waals surface area contributed by atoms with Crippen molar-refractivity contribution in [3.8, 4) is 17.2 Å². The summed E-state index contributed by atoms with van der Waals surface area (Å²) in [7, 11) is 4.71. The molecule has 36 heavy (non-hydrogen) atoms. The number of carbonyl (C=O) groups excluding carboxylic acids is 3. The normalized spacial score (nSPS) is 18.6. The number of likely N-dealkylation sites (tertiary alicyclic amines) is 1. The molecule has 8 nitrogen and oxygen atoms in total. The molecule has 1 atom stereocenters. The van der Waals surface area contributed by atoms with Crippen molar-refractivity contribution in [2.24, 2.45) is 5.92 Å². The number of allylic oxidation sites excluding steroid dienone is 1. The number of piperidine rings is 1. The first-order valence-corrected chi connectivity index (χ1v) is 13.0. The predicted octanol–water partition coefficient (Wildman–Crippen LogP) is 4.58. The van der Waals surface area contributed by atoms with Crippen molar-refractivity contribution in [1.82, 2.24) is 4.90 Å². The average molecular weight is 502 g/mol. The Morgan fingerprint density at radius 1 is 0.917 bits per heavy atom. The maximum absolute atomic E-state index is 12.9. The van der Waals surface area contributed by atoms with Gasteiger partial charge in [-0.2, -0.15) is 0 Å². The van der Waals surface area contributed by atoms with E-state index in [1.165, 1.54) is 4.90 Å². The topological polar surface area (TPSA) is 91.4 Å². The summed E-state index contributed by atoms with van der Waals surface area (Å²) in [4.78, 5) is 39.9. The number of unbranched alkanes of at least 4 members (excludes halogenated alkanes) is 1. The number of ether oxygens (including phenoxy) is 4. The van der Waals surface area contributed by atoms with Gasteiger partial charge in [0, 0.05) is 12.5 Å². The highest BCUT2D eigenvalue weighted by Gasteiger charge is 2.38. The smallest absolute Gasteiger partial charge is 0.328 e. The number of hydrogen-bond donors (Lipinski definition) is 0. The fourth-order valence-electron chi connectivity index (χ4n) is 4.99. The number of nitrogens with zero attached hydrogens (tertiary/aromatic N) is 1. The Morgan fingerprint density at radius 2 is 1.58 bits per heavy atom. The highest BCUT2D eigenvalue weighted by atomic mass is 16.5.